The average molecular weight is 260 g/mol. The van der Waals surface area contributed by atoms with Crippen LogP contribution in [-0.2, 0) is 11.3 Å². The number of rotatable bonds is 7. The van der Waals surface area contributed by atoms with E-state index in [1.165, 1.54) is 6.92 Å². The first-order chi connectivity index (χ1) is 9.27. The van der Waals surface area contributed by atoms with Crippen LogP contribution < -0.4 is 4.74 Å². The first-order valence-corrected chi connectivity index (χ1v) is 6.10. The first-order valence-electron chi connectivity index (χ1n) is 6.10. The number of hydrogen-bond acceptors (Lipinski definition) is 4. The largest absolute Gasteiger partial charge is 0.490 e. The number of furan rings is 1. The van der Waals surface area contributed by atoms with Crippen molar-refractivity contribution in [2.45, 2.75) is 13.5 Å². The normalized spacial score (nSPS) is 10.4. The molecule has 0 aliphatic rings. The third-order valence-electron chi connectivity index (χ3n) is 2.58. The topological polar surface area (TPSA) is 48.7 Å². The van der Waals surface area contributed by atoms with Crippen molar-refractivity contribution in [2.24, 2.45) is 0 Å². The summed E-state index contributed by atoms with van der Waals surface area (Å²) >= 11 is 0. The van der Waals surface area contributed by atoms with Gasteiger partial charge in [0.25, 0.3) is 0 Å². The Morgan fingerprint density at radius 2 is 2.00 bits per heavy atom. The molecule has 2 rings (SSSR count). The maximum absolute atomic E-state index is 11.4. The molecule has 4 nitrogen and oxygen atoms in total. The van der Waals surface area contributed by atoms with E-state index in [0.717, 1.165) is 5.76 Å². The molecule has 0 fully saturated rings. The predicted molar refractivity (Wildman–Crippen MR) is 70.3 cm³/mol. The van der Waals surface area contributed by atoms with Gasteiger partial charge in [0.1, 0.15) is 24.7 Å². The molecule has 2 aromatic rings. The van der Waals surface area contributed by atoms with Crippen LogP contribution in [0.15, 0.2) is 47.1 Å². The van der Waals surface area contributed by atoms with E-state index in [-0.39, 0.29) is 5.78 Å². The maximum atomic E-state index is 11.4. The maximum Gasteiger partial charge on any atom is 0.163 e. The lowest BCUT2D eigenvalue weighted by atomic mass is 10.1. The van der Waals surface area contributed by atoms with Crippen LogP contribution >= 0.6 is 0 Å². The van der Waals surface area contributed by atoms with E-state index < -0.39 is 0 Å². The van der Waals surface area contributed by atoms with E-state index in [2.05, 4.69) is 0 Å². The van der Waals surface area contributed by atoms with Crippen molar-refractivity contribution in [1.82, 2.24) is 0 Å². The van der Waals surface area contributed by atoms with E-state index in [1.807, 2.05) is 24.3 Å². The van der Waals surface area contributed by atoms with Crippen LogP contribution in [0.1, 0.15) is 23.0 Å². The Kier molecular flexibility index (Phi) is 4.75. The van der Waals surface area contributed by atoms with Crippen molar-refractivity contribution in [3.63, 3.8) is 0 Å². The smallest absolute Gasteiger partial charge is 0.163 e. The quantitative estimate of drug-likeness (QED) is 0.567. The minimum absolute atomic E-state index is 0.00731. The number of Topliss-reactive ketones (excluding diaryl/α,β-unsaturated/α-hetero) is 1. The van der Waals surface area contributed by atoms with Crippen molar-refractivity contribution in [3.8, 4) is 5.75 Å². The van der Waals surface area contributed by atoms with Crippen LogP contribution in [0.5, 0.6) is 5.75 Å². The molecule has 0 aliphatic heterocycles. The minimum atomic E-state index is -0.00731. The summed E-state index contributed by atoms with van der Waals surface area (Å²) in [4.78, 5) is 11.4. The Morgan fingerprint density at radius 3 is 2.74 bits per heavy atom. The predicted octanol–water partition coefficient (Wildman–Crippen LogP) is 3.08. The lowest BCUT2D eigenvalue weighted by molar-refractivity contribution is 0.0774. The highest BCUT2D eigenvalue weighted by Gasteiger charge is 2.06. The summed E-state index contributed by atoms with van der Waals surface area (Å²) in [6, 6.07) is 10.9. The van der Waals surface area contributed by atoms with Gasteiger partial charge in [0.05, 0.1) is 18.4 Å². The summed E-state index contributed by atoms with van der Waals surface area (Å²) in [6.07, 6.45) is 1.61. The summed E-state index contributed by atoms with van der Waals surface area (Å²) in [5.41, 5.74) is 0.591. The van der Waals surface area contributed by atoms with Crippen molar-refractivity contribution in [2.75, 3.05) is 13.2 Å². The van der Waals surface area contributed by atoms with Gasteiger partial charge in [0.15, 0.2) is 5.78 Å². The summed E-state index contributed by atoms with van der Waals surface area (Å²) in [6.45, 7) is 2.78. The number of hydrogen-bond donors (Lipinski definition) is 0. The van der Waals surface area contributed by atoms with Crippen molar-refractivity contribution in [3.05, 3.63) is 54.0 Å². The molecule has 0 radical (unpaired) electrons. The Labute approximate surface area is 111 Å². The Balaban J connectivity index is 1.75. The highest BCUT2D eigenvalue weighted by Crippen LogP contribution is 2.18. The molecule has 1 aromatic heterocycles. The highest BCUT2D eigenvalue weighted by molar-refractivity contribution is 5.96. The van der Waals surface area contributed by atoms with Crippen LogP contribution in [0, 0.1) is 0 Å². The number of ether oxygens (including phenoxy) is 2. The van der Waals surface area contributed by atoms with Gasteiger partial charge >= 0.3 is 0 Å². The van der Waals surface area contributed by atoms with Gasteiger partial charge < -0.3 is 13.9 Å². The SMILES string of the molecule is CC(=O)c1ccccc1OCCOCc1ccco1. The molecule has 0 atom stereocenters. The van der Waals surface area contributed by atoms with Crippen LogP contribution in [-0.4, -0.2) is 19.0 Å². The molecule has 4 heteroatoms. The molecule has 0 amide bonds. The van der Waals surface area contributed by atoms with E-state index in [0.29, 0.717) is 31.1 Å². The zero-order valence-corrected chi connectivity index (χ0v) is 10.8. The second kappa shape index (κ2) is 6.75. The summed E-state index contributed by atoms with van der Waals surface area (Å²) in [7, 11) is 0. The second-order valence-electron chi connectivity index (χ2n) is 4.03. The van der Waals surface area contributed by atoms with Crippen LogP contribution in [0.3, 0.4) is 0 Å². The standard InChI is InChI=1S/C15H16O4/c1-12(16)14-6-2-3-7-15(14)19-10-9-17-11-13-5-4-8-18-13/h2-8H,9-11H2,1H3. The van der Waals surface area contributed by atoms with Crippen LogP contribution in [0.25, 0.3) is 0 Å². The van der Waals surface area contributed by atoms with E-state index in [4.69, 9.17) is 13.9 Å². The molecular weight excluding hydrogens is 244 g/mol. The Bertz CT molecular complexity index is 517. The number of benzene rings is 1. The van der Waals surface area contributed by atoms with Gasteiger partial charge in [-0.15, -0.1) is 0 Å². The van der Waals surface area contributed by atoms with Crippen LogP contribution in [0.2, 0.25) is 0 Å². The van der Waals surface area contributed by atoms with Gasteiger partial charge in [-0.25, -0.2) is 0 Å². The zero-order valence-electron chi connectivity index (χ0n) is 10.8. The number of carbonyl (C=O) groups is 1. The van der Waals surface area contributed by atoms with Crippen molar-refractivity contribution < 1.29 is 18.7 Å². The van der Waals surface area contributed by atoms with Gasteiger partial charge in [0.2, 0.25) is 0 Å². The molecule has 1 aromatic carbocycles. The fourth-order valence-corrected chi connectivity index (χ4v) is 1.66. The minimum Gasteiger partial charge on any atom is -0.490 e. The lowest BCUT2D eigenvalue weighted by Gasteiger charge is -2.09. The zero-order chi connectivity index (χ0) is 13.5. The van der Waals surface area contributed by atoms with Gasteiger partial charge in [-0.1, -0.05) is 12.1 Å². The van der Waals surface area contributed by atoms with E-state index >= 15 is 0 Å². The Morgan fingerprint density at radius 1 is 1.16 bits per heavy atom. The number of carbonyl (C=O) groups excluding carboxylic acids is 1. The number of para-hydroxylation sites is 1. The van der Waals surface area contributed by atoms with Crippen molar-refractivity contribution in [1.29, 1.82) is 0 Å². The molecule has 1 heterocycles. The first kappa shape index (κ1) is 13.4. The molecule has 0 N–H and O–H groups in total. The molecule has 100 valence electrons. The average Bonchev–Trinajstić information content (AvgIpc) is 2.92. The third kappa shape index (κ3) is 3.96. The molecule has 0 saturated carbocycles. The van der Waals surface area contributed by atoms with Crippen molar-refractivity contribution >= 4 is 5.78 Å². The molecule has 0 aliphatic carbocycles. The van der Waals surface area contributed by atoms with E-state index in [9.17, 15) is 4.79 Å². The summed E-state index contributed by atoms with van der Waals surface area (Å²) < 4.78 is 16.1. The molecule has 0 unspecified atom stereocenters. The van der Waals surface area contributed by atoms with Gasteiger partial charge in [-0.3, -0.25) is 4.79 Å². The number of ketones is 1. The molecule has 19 heavy (non-hydrogen) atoms. The molecule has 0 spiro atoms. The molecule has 0 saturated heterocycles. The third-order valence-corrected chi connectivity index (χ3v) is 2.58. The fraction of sp³-hybridized carbons (Fsp3) is 0.267. The lowest BCUT2D eigenvalue weighted by Crippen LogP contribution is -2.08. The fourth-order valence-electron chi connectivity index (χ4n) is 1.66. The van der Waals surface area contributed by atoms with Gasteiger partial charge in [0, 0.05) is 0 Å². The molecule has 0 bridgehead atoms. The molecular formula is C15H16O4. The van der Waals surface area contributed by atoms with E-state index in [1.54, 1.807) is 18.4 Å². The highest BCUT2D eigenvalue weighted by atomic mass is 16.5. The Hall–Kier alpha value is -2.07. The monoisotopic (exact) mass is 260 g/mol. The van der Waals surface area contributed by atoms with Gasteiger partial charge in [-0.2, -0.15) is 0 Å². The second-order valence-corrected chi connectivity index (χ2v) is 4.03. The van der Waals surface area contributed by atoms with Crippen LogP contribution in [0.4, 0.5) is 0 Å². The van der Waals surface area contributed by atoms with Gasteiger partial charge in [-0.05, 0) is 31.2 Å². The summed E-state index contributed by atoms with van der Waals surface area (Å²) in [5.74, 6) is 1.37. The summed E-state index contributed by atoms with van der Waals surface area (Å²) in [5, 5.41) is 0.